The normalized spacial score (nSPS) is 12.3. The number of ether oxygens (including phenoxy) is 2. The number of esters is 1. The van der Waals surface area contributed by atoms with Crippen LogP contribution in [0.2, 0.25) is 0 Å². The molecule has 7 heteroatoms. The van der Waals surface area contributed by atoms with Crippen molar-refractivity contribution in [2.45, 2.75) is 45.8 Å². The number of nitrogens with one attached hydrogen (secondary N) is 2. The molecule has 0 aromatic heterocycles. The van der Waals surface area contributed by atoms with E-state index in [1.165, 1.54) is 7.11 Å². The number of carbonyl (C=O) groups excluding carboxylic acids is 3. The molecule has 7 nitrogen and oxygen atoms in total. The predicted octanol–water partition coefficient (Wildman–Crippen LogP) is 0.579. The molecule has 0 aromatic rings. The molecule has 0 saturated heterocycles. The lowest BCUT2D eigenvalue weighted by molar-refractivity contribution is -0.141. The molecule has 0 heterocycles. The average molecular weight is 274 g/mol. The van der Waals surface area contributed by atoms with Crippen molar-refractivity contribution >= 4 is 18.0 Å². The van der Waals surface area contributed by atoms with Crippen LogP contribution in [0.5, 0.6) is 0 Å². The molecule has 0 rings (SSSR count). The van der Waals surface area contributed by atoms with Gasteiger partial charge < -0.3 is 20.1 Å². The molecular weight excluding hydrogens is 252 g/mol. The van der Waals surface area contributed by atoms with Gasteiger partial charge in [0.1, 0.15) is 18.2 Å². The van der Waals surface area contributed by atoms with Gasteiger partial charge in [0, 0.05) is 0 Å². The van der Waals surface area contributed by atoms with Gasteiger partial charge in [-0.05, 0) is 27.2 Å². The van der Waals surface area contributed by atoms with Gasteiger partial charge in [0.25, 0.3) is 0 Å². The van der Waals surface area contributed by atoms with E-state index in [0.717, 1.165) is 0 Å². The molecular formula is C12H22N2O5. The molecule has 1 unspecified atom stereocenters. The first kappa shape index (κ1) is 17.2. The summed E-state index contributed by atoms with van der Waals surface area (Å²) in [6, 6.07) is -0.750. The SMILES string of the molecule is CCC(NC(=O)OC(C)(C)C)C(=O)NCC(=O)OC. The van der Waals surface area contributed by atoms with Crippen molar-refractivity contribution in [3.05, 3.63) is 0 Å². The third-order valence-electron chi connectivity index (χ3n) is 2.05. The Balaban J connectivity index is 4.30. The highest BCUT2D eigenvalue weighted by molar-refractivity contribution is 5.88. The Morgan fingerprint density at radius 3 is 2.21 bits per heavy atom. The molecule has 19 heavy (non-hydrogen) atoms. The maximum Gasteiger partial charge on any atom is 0.408 e. The fourth-order valence-corrected chi connectivity index (χ4v) is 1.16. The average Bonchev–Trinajstić information content (AvgIpc) is 2.30. The van der Waals surface area contributed by atoms with Crippen molar-refractivity contribution in [1.29, 1.82) is 0 Å². The van der Waals surface area contributed by atoms with Crippen molar-refractivity contribution in [2.24, 2.45) is 0 Å². The molecule has 1 atom stereocenters. The summed E-state index contributed by atoms with van der Waals surface area (Å²) in [5, 5.41) is 4.81. The fraction of sp³-hybridized carbons (Fsp3) is 0.750. The van der Waals surface area contributed by atoms with E-state index < -0.39 is 29.6 Å². The Morgan fingerprint density at radius 1 is 1.21 bits per heavy atom. The van der Waals surface area contributed by atoms with E-state index in [-0.39, 0.29) is 6.54 Å². The summed E-state index contributed by atoms with van der Waals surface area (Å²) in [6.07, 6.45) is -0.292. The van der Waals surface area contributed by atoms with Gasteiger partial charge in [-0.2, -0.15) is 0 Å². The summed E-state index contributed by atoms with van der Waals surface area (Å²) >= 11 is 0. The summed E-state index contributed by atoms with van der Waals surface area (Å²) in [4.78, 5) is 34.1. The molecule has 0 bridgehead atoms. The van der Waals surface area contributed by atoms with Crippen LogP contribution in [0.1, 0.15) is 34.1 Å². The zero-order valence-corrected chi connectivity index (χ0v) is 12.0. The third-order valence-corrected chi connectivity index (χ3v) is 2.05. The lowest BCUT2D eigenvalue weighted by atomic mass is 10.2. The smallest absolute Gasteiger partial charge is 0.408 e. The minimum atomic E-state index is -0.750. The van der Waals surface area contributed by atoms with Crippen molar-refractivity contribution in [2.75, 3.05) is 13.7 Å². The van der Waals surface area contributed by atoms with E-state index in [2.05, 4.69) is 15.4 Å². The van der Waals surface area contributed by atoms with Crippen molar-refractivity contribution in [3.8, 4) is 0 Å². The second-order valence-corrected chi connectivity index (χ2v) is 4.90. The molecule has 0 aliphatic carbocycles. The van der Waals surface area contributed by atoms with E-state index in [1.54, 1.807) is 27.7 Å². The summed E-state index contributed by atoms with van der Waals surface area (Å²) in [5.74, 6) is -1.01. The highest BCUT2D eigenvalue weighted by Crippen LogP contribution is 2.07. The van der Waals surface area contributed by atoms with Crippen molar-refractivity contribution in [1.82, 2.24) is 10.6 Å². The van der Waals surface area contributed by atoms with Gasteiger partial charge in [0.2, 0.25) is 5.91 Å². The Bertz CT molecular complexity index is 336. The standard InChI is InChI=1S/C12H22N2O5/c1-6-8(10(16)13-7-9(15)18-5)14-11(17)19-12(2,3)4/h8H,6-7H2,1-5H3,(H,13,16)(H,14,17). The lowest BCUT2D eigenvalue weighted by Gasteiger charge is -2.22. The van der Waals surface area contributed by atoms with E-state index in [9.17, 15) is 14.4 Å². The number of rotatable bonds is 5. The van der Waals surface area contributed by atoms with Crippen LogP contribution in [-0.4, -0.2) is 43.3 Å². The molecule has 0 aromatic carbocycles. The minimum Gasteiger partial charge on any atom is -0.468 e. The van der Waals surface area contributed by atoms with Crippen LogP contribution in [0.3, 0.4) is 0 Å². The van der Waals surface area contributed by atoms with Crippen LogP contribution in [0, 0.1) is 0 Å². The van der Waals surface area contributed by atoms with Gasteiger partial charge in [-0.15, -0.1) is 0 Å². The number of alkyl carbamates (subject to hydrolysis) is 1. The van der Waals surface area contributed by atoms with E-state index in [0.29, 0.717) is 6.42 Å². The molecule has 2 N–H and O–H groups in total. The van der Waals surface area contributed by atoms with Crippen molar-refractivity contribution < 1.29 is 23.9 Å². The van der Waals surface area contributed by atoms with E-state index >= 15 is 0 Å². The molecule has 110 valence electrons. The first-order valence-electron chi connectivity index (χ1n) is 6.03. The summed E-state index contributed by atoms with van der Waals surface area (Å²) in [5.41, 5.74) is -0.634. The quantitative estimate of drug-likeness (QED) is 0.715. The van der Waals surface area contributed by atoms with Gasteiger partial charge >= 0.3 is 12.1 Å². The van der Waals surface area contributed by atoms with Crippen molar-refractivity contribution in [3.63, 3.8) is 0 Å². The van der Waals surface area contributed by atoms with Crippen LogP contribution in [0.4, 0.5) is 4.79 Å². The highest BCUT2D eigenvalue weighted by Gasteiger charge is 2.23. The summed E-state index contributed by atoms with van der Waals surface area (Å²) in [6.45, 7) is 6.68. The maximum atomic E-state index is 11.7. The zero-order valence-electron chi connectivity index (χ0n) is 12.0. The van der Waals surface area contributed by atoms with E-state index in [1.807, 2.05) is 0 Å². The number of carbonyl (C=O) groups is 3. The number of hydrogen-bond acceptors (Lipinski definition) is 5. The highest BCUT2D eigenvalue weighted by atomic mass is 16.6. The molecule has 2 amide bonds. The molecule has 0 aliphatic rings. The van der Waals surface area contributed by atoms with Gasteiger partial charge in [-0.1, -0.05) is 6.92 Å². The van der Waals surface area contributed by atoms with Gasteiger partial charge in [-0.25, -0.2) is 4.79 Å². The first-order valence-corrected chi connectivity index (χ1v) is 6.03. The Kier molecular flexibility index (Phi) is 6.89. The van der Waals surface area contributed by atoms with Crippen LogP contribution < -0.4 is 10.6 Å². The Labute approximate surface area is 113 Å². The molecule has 0 fully saturated rings. The first-order chi connectivity index (χ1) is 8.69. The Morgan fingerprint density at radius 2 is 1.79 bits per heavy atom. The topological polar surface area (TPSA) is 93.7 Å². The molecule has 0 radical (unpaired) electrons. The second-order valence-electron chi connectivity index (χ2n) is 4.90. The van der Waals surface area contributed by atoms with Gasteiger partial charge in [0.15, 0.2) is 0 Å². The summed E-state index contributed by atoms with van der Waals surface area (Å²) in [7, 11) is 1.23. The van der Waals surface area contributed by atoms with Crippen LogP contribution >= 0.6 is 0 Å². The minimum absolute atomic E-state index is 0.234. The monoisotopic (exact) mass is 274 g/mol. The predicted molar refractivity (Wildman–Crippen MR) is 68.5 cm³/mol. The Hall–Kier alpha value is -1.79. The third kappa shape index (κ3) is 8.01. The molecule has 0 spiro atoms. The lowest BCUT2D eigenvalue weighted by Crippen LogP contribution is -2.48. The fourth-order valence-electron chi connectivity index (χ4n) is 1.16. The molecule has 0 saturated carbocycles. The van der Waals surface area contributed by atoms with Crippen LogP contribution in [0.15, 0.2) is 0 Å². The largest absolute Gasteiger partial charge is 0.468 e. The van der Waals surface area contributed by atoms with Crippen LogP contribution in [-0.2, 0) is 19.1 Å². The summed E-state index contributed by atoms with van der Waals surface area (Å²) < 4.78 is 9.44. The number of hydrogen-bond donors (Lipinski definition) is 2. The maximum absolute atomic E-state index is 11.7. The number of amides is 2. The number of methoxy groups -OCH3 is 1. The molecule has 0 aliphatic heterocycles. The van der Waals surface area contributed by atoms with Gasteiger partial charge in [-0.3, -0.25) is 9.59 Å². The second kappa shape index (κ2) is 7.60. The van der Waals surface area contributed by atoms with Crippen LogP contribution in [0.25, 0.3) is 0 Å². The zero-order chi connectivity index (χ0) is 15.1. The van der Waals surface area contributed by atoms with E-state index in [4.69, 9.17) is 4.74 Å². The van der Waals surface area contributed by atoms with Gasteiger partial charge in [0.05, 0.1) is 7.11 Å².